The van der Waals surface area contributed by atoms with Crippen LogP contribution in [0.4, 0.5) is 0 Å². The molecule has 0 aliphatic carbocycles. The van der Waals surface area contributed by atoms with Gasteiger partial charge in [0.1, 0.15) is 0 Å². The van der Waals surface area contributed by atoms with E-state index < -0.39 is 0 Å². The van der Waals surface area contributed by atoms with Gasteiger partial charge in [-0.05, 0) is 50.7 Å². The van der Waals surface area contributed by atoms with Crippen LogP contribution in [0, 0.1) is 0 Å². The van der Waals surface area contributed by atoms with Crippen molar-refractivity contribution in [3.63, 3.8) is 0 Å². The molecule has 2 nitrogen and oxygen atoms in total. The second kappa shape index (κ2) is 4.64. The number of hydrogen-bond donors (Lipinski definition) is 2. The molecule has 0 aromatic heterocycles. The van der Waals surface area contributed by atoms with Crippen LogP contribution < -0.4 is 10.6 Å². The van der Waals surface area contributed by atoms with Gasteiger partial charge in [0, 0.05) is 10.0 Å². The average molecular weight is 269 g/mol. The Bertz CT molecular complexity index is 332. The summed E-state index contributed by atoms with van der Waals surface area (Å²) in [6.07, 6.45) is 2.31. The van der Waals surface area contributed by atoms with Gasteiger partial charge in [-0.15, -0.1) is 0 Å². The minimum absolute atomic E-state index is 0.162. The van der Waals surface area contributed by atoms with E-state index in [-0.39, 0.29) is 5.54 Å². The highest BCUT2D eigenvalue weighted by molar-refractivity contribution is 9.10. The normalized spacial score (nSPS) is 20.1. The van der Waals surface area contributed by atoms with Gasteiger partial charge >= 0.3 is 0 Å². The maximum Gasteiger partial charge on any atom is 0.0456 e. The lowest BCUT2D eigenvalue weighted by Crippen LogP contribution is -2.48. The molecule has 0 spiro atoms. The number of halogens is 1. The highest BCUT2D eigenvalue weighted by Crippen LogP contribution is 2.31. The number of hydrogen-bond acceptors (Lipinski definition) is 2. The molecule has 15 heavy (non-hydrogen) atoms. The Hall–Kier alpha value is -0.380. The fourth-order valence-electron chi connectivity index (χ4n) is 2.32. The van der Waals surface area contributed by atoms with Gasteiger partial charge in [0.25, 0.3) is 0 Å². The predicted molar refractivity (Wildman–Crippen MR) is 67.0 cm³/mol. The third-order valence-electron chi connectivity index (χ3n) is 3.31. The zero-order valence-electron chi connectivity index (χ0n) is 9.02. The highest BCUT2D eigenvalue weighted by Gasteiger charge is 2.31. The molecule has 1 heterocycles. The van der Waals surface area contributed by atoms with Crippen molar-refractivity contribution in [2.75, 3.05) is 20.1 Å². The van der Waals surface area contributed by atoms with Crippen LogP contribution in [0.2, 0.25) is 0 Å². The summed E-state index contributed by atoms with van der Waals surface area (Å²) in [6.45, 7) is 2.18. The summed E-state index contributed by atoms with van der Waals surface area (Å²) in [7, 11) is 2.06. The third-order valence-corrected chi connectivity index (χ3v) is 3.81. The van der Waals surface area contributed by atoms with Gasteiger partial charge < -0.3 is 10.6 Å². The smallest absolute Gasteiger partial charge is 0.0456 e. The molecule has 0 amide bonds. The molecule has 1 aromatic carbocycles. The van der Waals surface area contributed by atoms with E-state index >= 15 is 0 Å². The van der Waals surface area contributed by atoms with Gasteiger partial charge in [-0.25, -0.2) is 0 Å². The van der Waals surface area contributed by atoms with Crippen LogP contribution in [0.3, 0.4) is 0 Å². The van der Waals surface area contributed by atoms with E-state index in [2.05, 4.69) is 57.9 Å². The van der Waals surface area contributed by atoms with E-state index in [0.717, 1.165) is 30.4 Å². The zero-order chi connectivity index (χ0) is 10.7. The second-order valence-electron chi connectivity index (χ2n) is 4.09. The second-order valence-corrected chi connectivity index (χ2v) is 5.01. The van der Waals surface area contributed by atoms with Gasteiger partial charge in [0.15, 0.2) is 0 Å². The van der Waals surface area contributed by atoms with Crippen LogP contribution in [0.1, 0.15) is 18.4 Å². The number of benzene rings is 1. The van der Waals surface area contributed by atoms with Crippen LogP contribution >= 0.6 is 15.9 Å². The van der Waals surface area contributed by atoms with E-state index in [4.69, 9.17) is 0 Å². The van der Waals surface area contributed by atoms with Gasteiger partial charge in [0.05, 0.1) is 0 Å². The molecule has 0 radical (unpaired) electrons. The van der Waals surface area contributed by atoms with Crippen molar-refractivity contribution in [1.29, 1.82) is 0 Å². The minimum atomic E-state index is 0.162. The summed E-state index contributed by atoms with van der Waals surface area (Å²) in [6, 6.07) is 8.63. The molecule has 0 unspecified atom stereocenters. The van der Waals surface area contributed by atoms with E-state index in [1.165, 1.54) is 5.56 Å². The molecule has 0 bridgehead atoms. The summed E-state index contributed by atoms with van der Waals surface area (Å²) in [5, 5.41) is 6.91. The minimum Gasteiger partial charge on any atom is -0.317 e. The molecule has 2 N–H and O–H groups in total. The number of piperidine rings is 1. The first kappa shape index (κ1) is 11.1. The van der Waals surface area contributed by atoms with Crippen molar-refractivity contribution in [1.82, 2.24) is 10.6 Å². The summed E-state index contributed by atoms with van der Waals surface area (Å²) in [4.78, 5) is 0. The molecule has 82 valence electrons. The van der Waals surface area contributed by atoms with Gasteiger partial charge in [-0.1, -0.05) is 28.1 Å². The number of rotatable bonds is 2. The first-order valence-corrected chi connectivity index (χ1v) is 6.22. The SMILES string of the molecule is CNC1(c2cccc(Br)c2)CCNCC1. The molecule has 1 aliphatic rings. The van der Waals surface area contributed by atoms with Crippen molar-refractivity contribution >= 4 is 15.9 Å². The molecule has 3 heteroatoms. The topological polar surface area (TPSA) is 24.1 Å². The molecular weight excluding hydrogens is 252 g/mol. The van der Waals surface area contributed by atoms with Gasteiger partial charge in [0.2, 0.25) is 0 Å². The standard InChI is InChI=1S/C12H17BrN2/c1-14-12(5-7-15-8-6-12)10-3-2-4-11(13)9-10/h2-4,9,14-15H,5-8H2,1H3. The quantitative estimate of drug-likeness (QED) is 0.860. The van der Waals surface area contributed by atoms with Crippen molar-refractivity contribution < 1.29 is 0 Å². The average Bonchev–Trinajstić information content (AvgIpc) is 2.30. The van der Waals surface area contributed by atoms with Crippen LogP contribution in [-0.4, -0.2) is 20.1 Å². The van der Waals surface area contributed by atoms with Crippen LogP contribution in [-0.2, 0) is 5.54 Å². The summed E-state index contributed by atoms with van der Waals surface area (Å²) < 4.78 is 1.16. The fourth-order valence-corrected chi connectivity index (χ4v) is 2.72. The third kappa shape index (κ3) is 2.25. The van der Waals surface area contributed by atoms with Gasteiger partial charge in [-0.2, -0.15) is 0 Å². The molecule has 1 aromatic rings. The van der Waals surface area contributed by atoms with Crippen molar-refractivity contribution in [2.24, 2.45) is 0 Å². The van der Waals surface area contributed by atoms with Crippen molar-refractivity contribution in [3.05, 3.63) is 34.3 Å². The lowest BCUT2D eigenvalue weighted by atomic mass is 9.82. The Morgan fingerprint density at radius 3 is 2.67 bits per heavy atom. The maximum atomic E-state index is 3.54. The monoisotopic (exact) mass is 268 g/mol. The zero-order valence-corrected chi connectivity index (χ0v) is 10.6. The Morgan fingerprint density at radius 1 is 1.33 bits per heavy atom. The molecule has 1 saturated heterocycles. The predicted octanol–water partition coefficient (Wildman–Crippen LogP) is 2.25. The first-order valence-electron chi connectivity index (χ1n) is 5.42. The largest absolute Gasteiger partial charge is 0.317 e. The lowest BCUT2D eigenvalue weighted by molar-refractivity contribution is 0.263. The Morgan fingerprint density at radius 2 is 2.07 bits per heavy atom. The Balaban J connectivity index is 2.32. The van der Waals surface area contributed by atoms with Gasteiger partial charge in [-0.3, -0.25) is 0 Å². The molecule has 0 saturated carbocycles. The van der Waals surface area contributed by atoms with Crippen molar-refractivity contribution in [2.45, 2.75) is 18.4 Å². The van der Waals surface area contributed by atoms with Crippen molar-refractivity contribution in [3.8, 4) is 0 Å². The van der Waals surface area contributed by atoms with Crippen LogP contribution in [0.25, 0.3) is 0 Å². The maximum absolute atomic E-state index is 3.54. The van der Waals surface area contributed by atoms with Crippen LogP contribution in [0.5, 0.6) is 0 Å². The Kier molecular flexibility index (Phi) is 3.44. The molecule has 0 atom stereocenters. The van der Waals surface area contributed by atoms with E-state index in [0.29, 0.717) is 0 Å². The first-order chi connectivity index (χ1) is 7.27. The fraction of sp³-hybridized carbons (Fsp3) is 0.500. The molecule has 1 aliphatic heterocycles. The molecule has 1 fully saturated rings. The Labute approximate surface area is 99.6 Å². The molecule has 2 rings (SSSR count). The van der Waals surface area contributed by atoms with E-state index in [1.807, 2.05) is 0 Å². The highest BCUT2D eigenvalue weighted by atomic mass is 79.9. The van der Waals surface area contributed by atoms with Crippen LogP contribution in [0.15, 0.2) is 28.7 Å². The summed E-state index contributed by atoms with van der Waals surface area (Å²) >= 11 is 3.54. The summed E-state index contributed by atoms with van der Waals surface area (Å²) in [5.41, 5.74) is 1.55. The van der Waals surface area contributed by atoms with E-state index in [1.54, 1.807) is 0 Å². The van der Waals surface area contributed by atoms with E-state index in [9.17, 15) is 0 Å². The molecular formula is C12H17BrN2. The number of nitrogens with one attached hydrogen (secondary N) is 2. The lowest BCUT2D eigenvalue weighted by Gasteiger charge is -2.38. The summed E-state index contributed by atoms with van der Waals surface area (Å²) in [5.74, 6) is 0.